The standard InChI is InChI=1S/C18H26N2O4/c1-4-5-10-17(22)24-12-16(21)20-15-9-7-6-8-14(15)18(23)19-11-13(2)3/h6-9,13H,4-5,10-12H2,1-3H3,(H,19,23)(H,20,21). The van der Waals surface area contributed by atoms with Crippen molar-refractivity contribution in [2.75, 3.05) is 18.5 Å². The van der Waals surface area contributed by atoms with E-state index in [-0.39, 0.29) is 12.5 Å². The third-order valence-electron chi connectivity index (χ3n) is 3.22. The molecule has 0 aliphatic heterocycles. The van der Waals surface area contributed by atoms with E-state index < -0.39 is 11.9 Å². The Bertz CT molecular complexity index is 570. The summed E-state index contributed by atoms with van der Waals surface area (Å²) in [6.45, 7) is 6.17. The van der Waals surface area contributed by atoms with Crippen molar-refractivity contribution in [2.45, 2.75) is 40.0 Å². The van der Waals surface area contributed by atoms with Gasteiger partial charge < -0.3 is 15.4 Å². The average Bonchev–Trinajstić information content (AvgIpc) is 2.56. The molecule has 6 nitrogen and oxygen atoms in total. The van der Waals surface area contributed by atoms with Crippen LogP contribution in [-0.2, 0) is 14.3 Å². The largest absolute Gasteiger partial charge is 0.456 e. The van der Waals surface area contributed by atoms with E-state index in [1.54, 1.807) is 24.3 Å². The molecule has 0 saturated heterocycles. The fourth-order valence-corrected chi connectivity index (χ4v) is 1.91. The van der Waals surface area contributed by atoms with Crippen LogP contribution in [0.25, 0.3) is 0 Å². The molecule has 0 heterocycles. The average molecular weight is 334 g/mol. The molecule has 0 saturated carbocycles. The number of rotatable bonds is 9. The molecule has 132 valence electrons. The molecule has 0 aliphatic rings. The Kier molecular flexibility index (Phi) is 8.54. The number of anilines is 1. The zero-order valence-corrected chi connectivity index (χ0v) is 14.6. The summed E-state index contributed by atoms with van der Waals surface area (Å²) < 4.78 is 4.91. The van der Waals surface area contributed by atoms with Gasteiger partial charge >= 0.3 is 5.97 Å². The third kappa shape index (κ3) is 7.26. The van der Waals surface area contributed by atoms with Gasteiger partial charge in [0.2, 0.25) is 0 Å². The molecule has 0 atom stereocenters. The van der Waals surface area contributed by atoms with Gasteiger partial charge in [0.25, 0.3) is 11.8 Å². The number of amides is 2. The topological polar surface area (TPSA) is 84.5 Å². The molecule has 0 unspecified atom stereocenters. The molecule has 0 aromatic heterocycles. The Morgan fingerprint density at radius 3 is 2.54 bits per heavy atom. The van der Waals surface area contributed by atoms with Gasteiger partial charge in [-0.3, -0.25) is 14.4 Å². The summed E-state index contributed by atoms with van der Waals surface area (Å²) in [6.07, 6.45) is 1.93. The van der Waals surface area contributed by atoms with Crippen molar-refractivity contribution in [1.82, 2.24) is 5.32 Å². The van der Waals surface area contributed by atoms with Crippen LogP contribution in [0.3, 0.4) is 0 Å². The van der Waals surface area contributed by atoms with Gasteiger partial charge in [-0.2, -0.15) is 0 Å². The highest BCUT2D eigenvalue weighted by molar-refractivity contribution is 6.04. The molecule has 2 amide bonds. The monoisotopic (exact) mass is 334 g/mol. The zero-order chi connectivity index (χ0) is 17.9. The highest BCUT2D eigenvalue weighted by atomic mass is 16.5. The van der Waals surface area contributed by atoms with Gasteiger partial charge in [-0.1, -0.05) is 39.3 Å². The van der Waals surface area contributed by atoms with E-state index in [4.69, 9.17) is 4.74 Å². The van der Waals surface area contributed by atoms with E-state index in [2.05, 4.69) is 10.6 Å². The van der Waals surface area contributed by atoms with Gasteiger partial charge in [0.05, 0.1) is 11.3 Å². The van der Waals surface area contributed by atoms with Crippen molar-refractivity contribution in [3.8, 4) is 0 Å². The smallest absolute Gasteiger partial charge is 0.306 e. The molecule has 0 aliphatic carbocycles. The normalized spacial score (nSPS) is 10.3. The Hall–Kier alpha value is -2.37. The molecule has 0 spiro atoms. The van der Waals surface area contributed by atoms with Crippen LogP contribution in [0.15, 0.2) is 24.3 Å². The third-order valence-corrected chi connectivity index (χ3v) is 3.22. The summed E-state index contributed by atoms with van der Waals surface area (Å²) in [5.41, 5.74) is 0.775. The molecule has 0 radical (unpaired) electrons. The Morgan fingerprint density at radius 2 is 1.88 bits per heavy atom. The van der Waals surface area contributed by atoms with Gasteiger partial charge in [0.1, 0.15) is 0 Å². The molecular weight excluding hydrogens is 308 g/mol. The second kappa shape index (κ2) is 10.4. The van der Waals surface area contributed by atoms with Crippen LogP contribution in [0, 0.1) is 5.92 Å². The van der Waals surface area contributed by atoms with Gasteiger partial charge in [0.15, 0.2) is 6.61 Å². The molecule has 1 aromatic rings. The zero-order valence-electron chi connectivity index (χ0n) is 14.6. The van der Waals surface area contributed by atoms with E-state index in [1.807, 2.05) is 20.8 Å². The van der Waals surface area contributed by atoms with Crippen LogP contribution in [0.4, 0.5) is 5.69 Å². The first-order valence-electron chi connectivity index (χ1n) is 8.26. The number of benzene rings is 1. The Balaban J connectivity index is 2.59. The van der Waals surface area contributed by atoms with E-state index in [0.717, 1.165) is 12.8 Å². The van der Waals surface area contributed by atoms with Crippen molar-refractivity contribution in [3.63, 3.8) is 0 Å². The van der Waals surface area contributed by atoms with Crippen molar-refractivity contribution in [3.05, 3.63) is 29.8 Å². The van der Waals surface area contributed by atoms with Crippen molar-refractivity contribution >= 4 is 23.5 Å². The maximum Gasteiger partial charge on any atom is 0.306 e. The first-order chi connectivity index (χ1) is 11.4. The quantitative estimate of drug-likeness (QED) is 0.680. The van der Waals surface area contributed by atoms with Crippen molar-refractivity contribution in [2.24, 2.45) is 5.92 Å². The summed E-state index contributed by atoms with van der Waals surface area (Å²) in [5.74, 6) is -0.781. The number of ether oxygens (including phenoxy) is 1. The SMILES string of the molecule is CCCCC(=O)OCC(=O)Nc1ccccc1C(=O)NCC(C)C. The van der Waals surface area contributed by atoms with E-state index in [0.29, 0.717) is 30.1 Å². The predicted molar refractivity (Wildman–Crippen MR) is 92.7 cm³/mol. The second-order valence-corrected chi connectivity index (χ2v) is 5.96. The van der Waals surface area contributed by atoms with Crippen LogP contribution >= 0.6 is 0 Å². The van der Waals surface area contributed by atoms with Crippen LogP contribution < -0.4 is 10.6 Å². The summed E-state index contributed by atoms with van der Waals surface area (Å²) in [6, 6.07) is 6.73. The fraction of sp³-hybridized carbons (Fsp3) is 0.500. The maximum absolute atomic E-state index is 12.2. The Morgan fingerprint density at radius 1 is 1.17 bits per heavy atom. The summed E-state index contributed by atoms with van der Waals surface area (Å²) in [7, 11) is 0. The van der Waals surface area contributed by atoms with Crippen LogP contribution in [0.2, 0.25) is 0 Å². The van der Waals surface area contributed by atoms with Crippen molar-refractivity contribution in [1.29, 1.82) is 0 Å². The number of hydrogen-bond acceptors (Lipinski definition) is 4. The lowest BCUT2D eigenvalue weighted by molar-refractivity contribution is -0.147. The fourth-order valence-electron chi connectivity index (χ4n) is 1.91. The van der Waals surface area contributed by atoms with Crippen LogP contribution in [-0.4, -0.2) is 30.9 Å². The summed E-state index contributed by atoms with van der Waals surface area (Å²) >= 11 is 0. The van der Waals surface area contributed by atoms with Crippen LogP contribution in [0.5, 0.6) is 0 Å². The van der Waals surface area contributed by atoms with Gasteiger partial charge in [-0.25, -0.2) is 0 Å². The molecular formula is C18H26N2O4. The van der Waals surface area contributed by atoms with Crippen LogP contribution in [0.1, 0.15) is 50.4 Å². The van der Waals surface area contributed by atoms with Crippen molar-refractivity contribution < 1.29 is 19.1 Å². The van der Waals surface area contributed by atoms with Gasteiger partial charge in [-0.15, -0.1) is 0 Å². The highest BCUT2D eigenvalue weighted by Crippen LogP contribution is 2.15. The van der Waals surface area contributed by atoms with E-state index >= 15 is 0 Å². The minimum atomic E-state index is -0.469. The highest BCUT2D eigenvalue weighted by Gasteiger charge is 2.14. The first kappa shape index (κ1) is 19.7. The number of unbranched alkanes of at least 4 members (excludes halogenated alkanes) is 1. The van der Waals surface area contributed by atoms with E-state index in [1.165, 1.54) is 0 Å². The summed E-state index contributed by atoms with van der Waals surface area (Å²) in [4.78, 5) is 35.5. The number of carbonyl (C=O) groups is 3. The van der Waals surface area contributed by atoms with E-state index in [9.17, 15) is 14.4 Å². The molecule has 0 fully saturated rings. The minimum Gasteiger partial charge on any atom is -0.456 e. The van der Waals surface area contributed by atoms with Gasteiger partial charge in [-0.05, 0) is 24.5 Å². The number of esters is 1. The molecule has 1 rings (SSSR count). The lowest BCUT2D eigenvalue weighted by atomic mass is 10.1. The molecule has 6 heteroatoms. The number of nitrogens with one attached hydrogen (secondary N) is 2. The van der Waals surface area contributed by atoms with Gasteiger partial charge in [0, 0.05) is 13.0 Å². The molecule has 2 N–H and O–H groups in total. The number of carbonyl (C=O) groups excluding carboxylic acids is 3. The molecule has 24 heavy (non-hydrogen) atoms. The molecule has 1 aromatic carbocycles. The lowest BCUT2D eigenvalue weighted by Crippen LogP contribution is -2.29. The lowest BCUT2D eigenvalue weighted by Gasteiger charge is -2.12. The Labute approximate surface area is 143 Å². The first-order valence-corrected chi connectivity index (χ1v) is 8.26. The number of hydrogen-bond donors (Lipinski definition) is 2. The maximum atomic E-state index is 12.2. The molecule has 0 bridgehead atoms. The minimum absolute atomic E-state index is 0.250. The number of para-hydroxylation sites is 1. The second-order valence-electron chi connectivity index (χ2n) is 5.96. The summed E-state index contributed by atoms with van der Waals surface area (Å²) in [5, 5.41) is 5.42. The predicted octanol–water partition coefficient (Wildman–Crippen LogP) is 2.74.